The molecule has 2 aromatic rings. The van der Waals surface area contributed by atoms with E-state index in [9.17, 15) is 8.78 Å². The van der Waals surface area contributed by atoms with Gasteiger partial charge >= 0.3 is 0 Å². The minimum Gasteiger partial charge on any atom is -0.366 e. The molecule has 0 aliphatic carbocycles. The summed E-state index contributed by atoms with van der Waals surface area (Å²) < 4.78 is 25.5. The average molecular weight is 208 g/mol. The molecule has 0 fully saturated rings. The number of nitrogens with two attached hydrogens (primary N) is 1. The lowest BCUT2D eigenvalue weighted by Crippen LogP contribution is -1.98. The van der Waals surface area contributed by atoms with E-state index in [0.29, 0.717) is 11.3 Å². The molecule has 0 saturated carbocycles. The quantitative estimate of drug-likeness (QED) is 0.769. The summed E-state index contributed by atoms with van der Waals surface area (Å²) in [5.74, 6) is -1.87. The Balaban J connectivity index is 2.50. The number of nitrogens with zero attached hydrogens (tertiary/aromatic N) is 3. The highest BCUT2D eigenvalue weighted by molar-refractivity contribution is 5.58. The van der Waals surface area contributed by atoms with Crippen LogP contribution in [0.25, 0.3) is 11.3 Å². The molecule has 1 heterocycles. The van der Waals surface area contributed by atoms with Crippen LogP contribution in [-0.2, 0) is 0 Å². The van der Waals surface area contributed by atoms with E-state index < -0.39 is 11.6 Å². The van der Waals surface area contributed by atoms with Crippen molar-refractivity contribution >= 4 is 5.95 Å². The lowest BCUT2D eigenvalue weighted by atomic mass is 10.1. The summed E-state index contributed by atoms with van der Waals surface area (Å²) >= 11 is 0. The highest BCUT2D eigenvalue weighted by atomic mass is 19.2. The predicted molar refractivity (Wildman–Crippen MR) is 49.6 cm³/mol. The molecule has 1 aromatic carbocycles. The van der Waals surface area contributed by atoms with Crippen molar-refractivity contribution in [3.8, 4) is 11.3 Å². The smallest absolute Gasteiger partial charge is 0.240 e. The lowest BCUT2D eigenvalue weighted by molar-refractivity contribution is 0.509. The molecule has 0 aliphatic rings. The van der Waals surface area contributed by atoms with Gasteiger partial charge in [0.05, 0.1) is 11.9 Å². The zero-order chi connectivity index (χ0) is 10.8. The van der Waals surface area contributed by atoms with Crippen LogP contribution in [0.5, 0.6) is 0 Å². The molecule has 76 valence electrons. The first-order valence-corrected chi connectivity index (χ1v) is 4.07. The Labute approximate surface area is 83.8 Å². The van der Waals surface area contributed by atoms with Crippen molar-refractivity contribution in [3.63, 3.8) is 0 Å². The van der Waals surface area contributed by atoms with Gasteiger partial charge in [0, 0.05) is 5.56 Å². The summed E-state index contributed by atoms with van der Waals surface area (Å²) in [7, 11) is 0. The van der Waals surface area contributed by atoms with Gasteiger partial charge < -0.3 is 5.73 Å². The molecule has 0 spiro atoms. The van der Waals surface area contributed by atoms with Gasteiger partial charge in [-0.1, -0.05) is 0 Å². The Morgan fingerprint density at radius 3 is 2.60 bits per heavy atom. The van der Waals surface area contributed by atoms with Crippen LogP contribution >= 0.6 is 0 Å². The summed E-state index contributed by atoms with van der Waals surface area (Å²) in [5, 5.41) is 7.01. The third-order valence-electron chi connectivity index (χ3n) is 1.79. The molecule has 4 nitrogen and oxygen atoms in total. The van der Waals surface area contributed by atoms with Crippen molar-refractivity contribution in [2.45, 2.75) is 0 Å². The highest BCUT2D eigenvalue weighted by Gasteiger charge is 2.06. The van der Waals surface area contributed by atoms with Crippen LogP contribution in [0.1, 0.15) is 0 Å². The molecule has 0 saturated heterocycles. The summed E-state index contributed by atoms with van der Waals surface area (Å²) in [4.78, 5) is 3.83. The molecule has 0 radical (unpaired) electrons. The Kier molecular flexibility index (Phi) is 2.24. The van der Waals surface area contributed by atoms with E-state index in [1.807, 2.05) is 0 Å². The van der Waals surface area contributed by atoms with E-state index in [1.165, 1.54) is 12.3 Å². The molecule has 1 aromatic heterocycles. The molecule has 6 heteroatoms. The molecular weight excluding hydrogens is 202 g/mol. The van der Waals surface area contributed by atoms with E-state index >= 15 is 0 Å². The maximum absolute atomic E-state index is 12.9. The molecule has 0 atom stereocenters. The van der Waals surface area contributed by atoms with Crippen LogP contribution in [0.4, 0.5) is 14.7 Å². The standard InChI is InChI=1S/C9H6F2N4/c10-6-2-1-5(3-7(6)11)8-4-13-15-9(12)14-8/h1-4H,(H2,12,14,15). The Bertz CT molecular complexity index is 501. The lowest BCUT2D eigenvalue weighted by Gasteiger charge is -2.00. The van der Waals surface area contributed by atoms with Crippen LogP contribution in [0, 0.1) is 11.6 Å². The monoisotopic (exact) mass is 208 g/mol. The normalized spacial score (nSPS) is 10.3. The summed E-state index contributed by atoms with van der Waals surface area (Å²) in [5.41, 5.74) is 6.06. The number of halogens is 2. The van der Waals surface area contributed by atoms with E-state index in [0.717, 1.165) is 12.1 Å². The van der Waals surface area contributed by atoms with Crippen LogP contribution in [0.3, 0.4) is 0 Å². The minimum atomic E-state index is -0.940. The molecule has 15 heavy (non-hydrogen) atoms. The van der Waals surface area contributed by atoms with Gasteiger partial charge in [-0.2, -0.15) is 5.10 Å². The second-order valence-electron chi connectivity index (χ2n) is 2.83. The van der Waals surface area contributed by atoms with Gasteiger partial charge in [0.1, 0.15) is 0 Å². The van der Waals surface area contributed by atoms with E-state index in [2.05, 4.69) is 15.2 Å². The van der Waals surface area contributed by atoms with Gasteiger partial charge in [-0.15, -0.1) is 5.10 Å². The van der Waals surface area contributed by atoms with Gasteiger partial charge in [-0.25, -0.2) is 13.8 Å². The topological polar surface area (TPSA) is 64.7 Å². The van der Waals surface area contributed by atoms with Gasteiger partial charge in [0.15, 0.2) is 11.6 Å². The molecule has 0 aliphatic heterocycles. The number of rotatable bonds is 1. The number of hydrogen-bond acceptors (Lipinski definition) is 4. The van der Waals surface area contributed by atoms with Gasteiger partial charge in [-0.05, 0) is 18.2 Å². The minimum absolute atomic E-state index is 0.0165. The second kappa shape index (κ2) is 3.56. The number of aromatic nitrogens is 3. The maximum Gasteiger partial charge on any atom is 0.240 e. The fraction of sp³-hybridized carbons (Fsp3) is 0. The van der Waals surface area contributed by atoms with Crippen molar-refractivity contribution in [2.24, 2.45) is 0 Å². The predicted octanol–water partition coefficient (Wildman–Crippen LogP) is 1.40. The molecule has 0 unspecified atom stereocenters. The Morgan fingerprint density at radius 2 is 1.93 bits per heavy atom. The average Bonchev–Trinajstić information content (AvgIpc) is 2.22. The van der Waals surface area contributed by atoms with Crippen molar-refractivity contribution in [1.82, 2.24) is 15.2 Å². The molecule has 0 amide bonds. The number of anilines is 1. The summed E-state index contributed by atoms with van der Waals surface area (Å²) in [6.45, 7) is 0. The van der Waals surface area contributed by atoms with E-state index in [1.54, 1.807) is 0 Å². The fourth-order valence-electron chi connectivity index (χ4n) is 1.11. The van der Waals surface area contributed by atoms with Crippen LogP contribution in [0.2, 0.25) is 0 Å². The van der Waals surface area contributed by atoms with Crippen molar-refractivity contribution in [1.29, 1.82) is 0 Å². The number of nitrogen functional groups attached to an aromatic ring is 1. The SMILES string of the molecule is Nc1nncc(-c2ccc(F)c(F)c2)n1. The van der Waals surface area contributed by atoms with E-state index in [-0.39, 0.29) is 5.95 Å². The number of benzene rings is 1. The maximum atomic E-state index is 12.9. The summed E-state index contributed by atoms with van der Waals surface area (Å²) in [6, 6.07) is 3.43. The van der Waals surface area contributed by atoms with Crippen LogP contribution in [-0.4, -0.2) is 15.2 Å². The first-order valence-electron chi connectivity index (χ1n) is 4.07. The molecule has 0 bridgehead atoms. The largest absolute Gasteiger partial charge is 0.366 e. The van der Waals surface area contributed by atoms with Gasteiger partial charge in [0.25, 0.3) is 0 Å². The van der Waals surface area contributed by atoms with Crippen molar-refractivity contribution in [2.75, 3.05) is 5.73 Å². The van der Waals surface area contributed by atoms with Crippen molar-refractivity contribution < 1.29 is 8.78 Å². The zero-order valence-corrected chi connectivity index (χ0v) is 7.48. The zero-order valence-electron chi connectivity index (χ0n) is 7.48. The fourth-order valence-corrected chi connectivity index (χ4v) is 1.11. The van der Waals surface area contributed by atoms with Crippen LogP contribution in [0.15, 0.2) is 24.4 Å². The highest BCUT2D eigenvalue weighted by Crippen LogP contribution is 2.18. The third-order valence-corrected chi connectivity index (χ3v) is 1.79. The van der Waals surface area contributed by atoms with Crippen LogP contribution < -0.4 is 5.73 Å². The van der Waals surface area contributed by atoms with Gasteiger partial charge in [0.2, 0.25) is 5.95 Å². The molecule has 2 N–H and O–H groups in total. The molecule has 2 rings (SSSR count). The molecular formula is C9H6F2N4. The Morgan fingerprint density at radius 1 is 1.13 bits per heavy atom. The van der Waals surface area contributed by atoms with Crippen molar-refractivity contribution in [3.05, 3.63) is 36.0 Å². The third kappa shape index (κ3) is 1.88. The first-order chi connectivity index (χ1) is 7.16. The van der Waals surface area contributed by atoms with E-state index in [4.69, 9.17) is 5.73 Å². The summed E-state index contributed by atoms with van der Waals surface area (Å²) in [6.07, 6.45) is 1.32. The second-order valence-corrected chi connectivity index (χ2v) is 2.83. The Hall–Kier alpha value is -2.11. The first kappa shape index (κ1) is 9.45. The number of hydrogen-bond donors (Lipinski definition) is 1. The van der Waals surface area contributed by atoms with Gasteiger partial charge in [-0.3, -0.25) is 0 Å².